The van der Waals surface area contributed by atoms with Crippen LogP contribution in [-0.4, -0.2) is 22.8 Å². The molecule has 2 rings (SSSR count). The molecule has 13 heavy (non-hydrogen) atoms. The van der Waals surface area contributed by atoms with E-state index in [4.69, 9.17) is 9.84 Å². The van der Waals surface area contributed by atoms with E-state index in [0.717, 1.165) is 18.4 Å². The van der Waals surface area contributed by atoms with Crippen molar-refractivity contribution in [2.24, 2.45) is 0 Å². The first kappa shape index (κ1) is 8.66. The Morgan fingerprint density at radius 2 is 2.46 bits per heavy atom. The largest absolute Gasteiger partial charge is 0.394 e. The number of pyridine rings is 1. The predicted octanol–water partition coefficient (Wildman–Crippen LogP) is 1.29. The van der Waals surface area contributed by atoms with E-state index in [1.807, 2.05) is 18.3 Å². The van der Waals surface area contributed by atoms with Gasteiger partial charge in [-0.2, -0.15) is 0 Å². The van der Waals surface area contributed by atoms with Crippen molar-refractivity contribution in [3.05, 3.63) is 30.1 Å². The van der Waals surface area contributed by atoms with Gasteiger partial charge in [0.1, 0.15) is 0 Å². The highest BCUT2D eigenvalue weighted by molar-refractivity contribution is 5.13. The van der Waals surface area contributed by atoms with E-state index in [-0.39, 0.29) is 18.8 Å². The van der Waals surface area contributed by atoms with Gasteiger partial charge in [-0.1, -0.05) is 6.07 Å². The lowest BCUT2D eigenvalue weighted by Gasteiger charge is -2.11. The van der Waals surface area contributed by atoms with Crippen LogP contribution in [0, 0.1) is 0 Å². The van der Waals surface area contributed by atoms with Gasteiger partial charge in [-0.3, -0.25) is 4.98 Å². The van der Waals surface area contributed by atoms with E-state index in [9.17, 15) is 0 Å². The number of rotatable bonds is 2. The molecule has 70 valence electrons. The highest BCUT2D eigenvalue weighted by atomic mass is 16.5. The summed E-state index contributed by atoms with van der Waals surface area (Å²) in [5.74, 6) is 0. The van der Waals surface area contributed by atoms with Crippen LogP contribution in [0.1, 0.15) is 24.5 Å². The Morgan fingerprint density at radius 3 is 3.08 bits per heavy atom. The summed E-state index contributed by atoms with van der Waals surface area (Å²) in [5.41, 5.74) is 1.11. The van der Waals surface area contributed by atoms with E-state index >= 15 is 0 Å². The number of aliphatic hydroxyl groups excluding tert-OH is 1. The molecule has 0 bridgehead atoms. The van der Waals surface area contributed by atoms with Gasteiger partial charge in [-0.05, 0) is 24.5 Å². The molecular weight excluding hydrogens is 166 g/mol. The first-order valence-corrected chi connectivity index (χ1v) is 4.56. The van der Waals surface area contributed by atoms with Crippen molar-refractivity contribution in [1.82, 2.24) is 4.98 Å². The highest BCUT2D eigenvalue weighted by Crippen LogP contribution is 2.31. The molecular formula is C10H13NO2. The maximum Gasteiger partial charge on any atom is 0.0845 e. The number of aromatic nitrogens is 1. The van der Waals surface area contributed by atoms with Crippen LogP contribution in [0.15, 0.2) is 24.5 Å². The van der Waals surface area contributed by atoms with Crippen LogP contribution < -0.4 is 0 Å². The van der Waals surface area contributed by atoms with Crippen molar-refractivity contribution in [3.63, 3.8) is 0 Å². The van der Waals surface area contributed by atoms with Crippen molar-refractivity contribution in [2.45, 2.75) is 25.0 Å². The number of nitrogens with zero attached hydrogens (tertiary/aromatic N) is 1. The fraction of sp³-hybridized carbons (Fsp3) is 0.500. The molecule has 1 fully saturated rings. The van der Waals surface area contributed by atoms with E-state index in [2.05, 4.69) is 4.98 Å². The van der Waals surface area contributed by atoms with Gasteiger partial charge in [0, 0.05) is 12.4 Å². The Hall–Kier alpha value is -0.930. The molecule has 1 aliphatic heterocycles. The highest BCUT2D eigenvalue weighted by Gasteiger charge is 2.25. The van der Waals surface area contributed by atoms with E-state index in [1.165, 1.54) is 0 Å². The molecule has 3 nitrogen and oxygen atoms in total. The van der Waals surface area contributed by atoms with Crippen molar-refractivity contribution in [1.29, 1.82) is 0 Å². The molecule has 0 aliphatic carbocycles. The summed E-state index contributed by atoms with van der Waals surface area (Å²) in [6.45, 7) is 0.122. The molecule has 1 N–H and O–H groups in total. The predicted molar refractivity (Wildman–Crippen MR) is 48.2 cm³/mol. The zero-order valence-corrected chi connectivity index (χ0v) is 7.39. The van der Waals surface area contributed by atoms with Crippen LogP contribution in [0.3, 0.4) is 0 Å². The summed E-state index contributed by atoms with van der Waals surface area (Å²) < 4.78 is 5.61. The van der Waals surface area contributed by atoms with Gasteiger partial charge in [0.05, 0.1) is 18.8 Å². The Morgan fingerprint density at radius 1 is 1.54 bits per heavy atom. The van der Waals surface area contributed by atoms with Gasteiger partial charge in [0.2, 0.25) is 0 Å². The first-order valence-electron chi connectivity index (χ1n) is 4.56. The molecule has 2 heterocycles. The molecule has 1 aromatic rings. The quantitative estimate of drug-likeness (QED) is 0.744. The maximum absolute atomic E-state index is 8.89. The van der Waals surface area contributed by atoms with Crippen molar-refractivity contribution >= 4 is 0 Å². The third-order valence-electron chi connectivity index (χ3n) is 2.37. The SMILES string of the molecule is OCC1CCC(c2cccnc2)O1. The van der Waals surface area contributed by atoms with Crippen molar-refractivity contribution in [2.75, 3.05) is 6.61 Å². The number of aliphatic hydroxyl groups is 1. The summed E-state index contributed by atoms with van der Waals surface area (Å²) in [5, 5.41) is 8.89. The maximum atomic E-state index is 8.89. The number of ether oxygens (including phenoxy) is 1. The van der Waals surface area contributed by atoms with Crippen molar-refractivity contribution in [3.8, 4) is 0 Å². The molecule has 0 radical (unpaired) electrons. The van der Waals surface area contributed by atoms with Gasteiger partial charge in [0.15, 0.2) is 0 Å². The third kappa shape index (κ3) is 1.87. The van der Waals surface area contributed by atoms with Crippen LogP contribution in [0.25, 0.3) is 0 Å². The average Bonchev–Trinajstić information content (AvgIpc) is 2.67. The molecule has 2 unspecified atom stereocenters. The zero-order chi connectivity index (χ0) is 9.10. The lowest BCUT2D eigenvalue weighted by molar-refractivity contribution is 0.0108. The third-order valence-corrected chi connectivity index (χ3v) is 2.37. The van der Waals surface area contributed by atoms with Gasteiger partial charge < -0.3 is 9.84 Å². The fourth-order valence-electron chi connectivity index (χ4n) is 1.65. The summed E-state index contributed by atoms with van der Waals surface area (Å²) in [6, 6.07) is 3.92. The Kier molecular flexibility index (Phi) is 2.57. The summed E-state index contributed by atoms with van der Waals surface area (Å²) >= 11 is 0. The van der Waals surface area contributed by atoms with Gasteiger partial charge in [-0.25, -0.2) is 0 Å². The first-order chi connectivity index (χ1) is 6.40. The van der Waals surface area contributed by atoms with Crippen LogP contribution in [0.4, 0.5) is 0 Å². The second-order valence-electron chi connectivity index (χ2n) is 3.29. The van der Waals surface area contributed by atoms with Crippen molar-refractivity contribution < 1.29 is 9.84 Å². The lowest BCUT2D eigenvalue weighted by atomic mass is 10.1. The Bertz CT molecular complexity index is 263. The van der Waals surface area contributed by atoms with Crippen LogP contribution in [0.5, 0.6) is 0 Å². The average molecular weight is 179 g/mol. The topological polar surface area (TPSA) is 42.4 Å². The lowest BCUT2D eigenvalue weighted by Crippen LogP contribution is -2.11. The van der Waals surface area contributed by atoms with E-state index in [1.54, 1.807) is 6.20 Å². The van der Waals surface area contributed by atoms with Gasteiger partial charge in [0.25, 0.3) is 0 Å². The molecule has 3 heteroatoms. The smallest absolute Gasteiger partial charge is 0.0845 e. The van der Waals surface area contributed by atoms with E-state index in [0.29, 0.717) is 0 Å². The minimum absolute atomic E-state index is 0.0187. The minimum atomic E-state index is 0.0187. The Labute approximate surface area is 77.4 Å². The summed E-state index contributed by atoms with van der Waals surface area (Å²) in [7, 11) is 0. The number of hydrogen-bond donors (Lipinski definition) is 1. The molecule has 1 saturated heterocycles. The normalized spacial score (nSPS) is 27.8. The van der Waals surface area contributed by atoms with Crippen LogP contribution in [0.2, 0.25) is 0 Å². The molecule has 0 amide bonds. The van der Waals surface area contributed by atoms with Gasteiger partial charge >= 0.3 is 0 Å². The molecule has 1 aliphatic rings. The summed E-state index contributed by atoms with van der Waals surface area (Å²) in [6.07, 6.45) is 5.65. The van der Waals surface area contributed by atoms with Gasteiger partial charge in [-0.15, -0.1) is 0 Å². The monoisotopic (exact) mass is 179 g/mol. The summed E-state index contributed by atoms with van der Waals surface area (Å²) in [4.78, 5) is 4.04. The molecule has 0 saturated carbocycles. The van der Waals surface area contributed by atoms with Crippen LogP contribution in [-0.2, 0) is 4.74 Å². The minimum Gasteiger partial charge on any atom is -0.394 e. The molecule has 2 atom stereocenters. The van der Waals surface area contributed by atoms with Crippen LogP contribution >= 0.6 is 0 Å². The second kappa shape index (κ2) is 3.85. The number of hydrogen-bond acceptors (Lipinski definition) is 3. The molecule has 0 spiro atoms. The Balaban J connectivity index is 2.04. The zero-order valence-electron chi connectivity index (χ0n) is 7.39. The van der Waals surface area contributed by atoms with E-state index < -0.39 is 0 Å². The molecule has 1 aromatic heterocycles. The standard InChI is InChI=1S/C10H13NO2/c12-7-9-3-4-10(13-9)8-2-1-5-11-6-8/h1-2,5-6,9-10,12H,3-4,7H2. The molecule has 0 aromatic carbocycles. The second-order valence-corrected chi connectivity index (χ2v) is 3.29. The fourth-order valence-corrected chi connectivity index (χ4v) is 1.65.